The van der Waals surface area contributed by atoms with Crippen molar-refractivity contribution in [1.29, 1.82) is 0 Å². The summed E-state index contributed by atoms with van der Waals surface area (Å²) < 4.78 is 2.91. The van der Waals surface area contributed by atoms with Gasteiger partial charge in [-0.15, -0.1) is 0 Å². The summed E-state index contributed by atoms with van der Waals surface area (Å²) in [5, 5.41) is 7.71. The van der Waals surface area contributed by atoms with Gasteiger partial charge in [-0.2, -0.15) is 5.10 Å². The van der Waals surface area contributed by atoms with Crippen molar-refractivity contribution in [1.82, 2.24) is 15.1 Å². The molecule has 1 unspecified atom stereocenters. The van der Waals surface area contributed by atoms with E-state index in [1.165, 1.54) is 18.5 Å². The zero-order chi connectivity index (χ0) is 9.26. The Hall–Kier alpha value is -0.350. The number of nitrogens with one attached hydrogen (secondary N) is 1. The molecule has 2 rings (SSSR count). The van der Waals surface area contributed by atoms with E-state index in [4.69, 9.17) is 0 Å². The minimum Gasteiger partial charge on any atom is -0.316 e. The average Bonchev–Trinajstić information content (AvgIpc) is 2.47. The fraction of sp³-hybridized carbons (Fsp3) is 0.667. The van der Waals surface area contributed by atoms with E-state index in [0.717, 1.165) is 17.7 Å². The molecule has 1 aliphatic rings. The molecular weight excluding hydrogens is 230 g/mol. The maximum Gasteiger partial charge on any atom is 0.128 e. The highest BCUT2D eigenvalue weighted by molar-refractivity contribution is 9.10. The Morgan fingerprint density at radius 3 is 3.08 bits per heavy atom. The van der Waals surface area contributed by atoms with Crippen molar-refractivity contribution in [3.8, 4) is 0 Å². The van der Waals surface area contributed by atoms with Gasteiger partial charge in [0.1, 0.15) is 4.60 Å². The highest BCUT2D eigenvalue weighted by Crippen LogP contribution is 2.24. The van der Waals surface area contributed by atoms with Gasteiger partial charge in [-0.25, -0.2) is 0 Å². The number of aromatic nitrogens is 2. The van der Waals surface area contributed by atoms with Gasteiger partial charge in [0, 0.05) is 25.2 Å². The lowest BCUT2D eigenvalue weighted by Crippen LogP contribution is -2.29. The Kier molecular flexibility index (Phi) is 2.69. The maximum absolute atomic E-state index is 4.29. The standard InChI is InChI=1S/C9H14BrN3/c1-13-8(5-9(10)12-13)7-3-2-4-11-6-7/h5,7,11H,2-4,6H2,1H3. The molecule has 0 radical (unpaired) electrons. The number of hydrogen-bond acceptors (Lipinski definition) is 2. The third-order valence-corrected chi connectivity index (χ3v) is 2.99. The van der Waals surface area contributed by atoms with Crippen molar-refractivity contribution in [3.05, 3.63) is 16.4 Å². The van der Waals surface area contributed by atoms with E-state index >= 15 is 0 Å². The van der Waals surface area contributed by atoms with Gasteiger partial charge in [0.15, 0.2) is 0 Å². The number of rotatable bonds is 1. The molecule has 13 heavy (non-hydrogen) atoms. The molecule has 1 N–H and O–H groups in total. The van der Waals surface area contributed by atoms with E-state index < -0.39 is 0 Å². The smallest absolute Gasteiger partial charge is 0.128 e. The molecule has 0 amide bonds. The van der Waals surface area contributed by atoms with E-state index in [1.807, 2.05) is 11.7 Å². The maximum atomic E-state index is 4.29. The number of hydrogen-bond donors (Lipinski definition) is 1. The molecule has 0 bridgehead atoms. The largest absolute Gasteiger partial charge is 0.316 e. The molecule has 0 saturated carbocycles. The molecule has 1 aromatic rings. The van der Waals surface area contributed by atoms with Crippen LogP contribution in [0.3, 0.4) is 0 Å². The number of nitrogens with zero attached hydrogens (tertiary/aromatic N) is 2. The van der Waals surface area contributed by atoms with Crippen molar-refractivity contribution in [2.24, 2.45) is 7.05 Å². The van der Waals surface area contributed by atoms with E-state index in [-0.39, 0.29) is 0 Å². The van der Waals surface area contributed by atoms with Crippen LogP contribution in [-0.2, 0) is 7.05 Å². The number of aryl methyl sites for hydroxylation is 1. The Labute approximate surface area is 86.6 Å². The van der Waals surface area contributed by atoms with Gasteiger partial charge in [-0.3, -0.25) is 4.68 Å². The zero-order valence-electron chi connectivity index (χ0n) is 7.76. The summed E-state index contributed by atoms with van der Waals surface area (Å²) in [4.78, 5) is 0. The van der Waals surface area contributed by atoms with Gasteiger partial charge < -0.3 is 5.32 Å². The van der Waals surface area contributed by atoms with Gasteiger partial charge in [0.05, 0.1) is 0 Å². The molecule has 1 fully saturated rings. The molecule has 72 valence electrons. The molecule has 1 atom stereocenters. The van der Waals surface area contributed by atoms with Crippen LogP contribution in [-0.4, -0.2) is 22.9 Å². The lowest BCUT2D eigenvalue weighted by atomic mass is 9.96. The van der Waals surface area contributed by atoms with Gasteiger partial charge in [-0.1, -0.05) is 0 Å². The van der Waals surface area contributed by atoms with Crippen molar-refractivity contribution in [2.45, 2.75) is 18.8 Å². The van der Waals surface area contributed by atoms with Gasteiger partial charge >= 0.3 is 0 Å². The predicted octanol–water partition coefficient (Wildman–Crippen LogP) is 1.65. The van der Waals surface area contributed by atoms with E-state index in [2.05, 4.69) is 32.4 Å². The summed E-state index contributed by atoms with van der Waals surface area (Å²) in [7, 11) is 2.01. The molecule has 0 aromatic carbocycles. The van der Waals surface area contributed by atoms with Crippen molar-refractivity contribution in [2.75, 3.05) is 13.1 Å². The molecule has 1 aromatic heterocycles. The highest BCUT2D eigenvalue weighted by Gasteiger charge is 2.18. The lowest BCUT2D eigenvalue weighted by molar-refractivity contribution is 0.441. The van der Waals surface area contributed by atoms with E-state index in [0.29, 0.717) is 5.92 Å². The van der Waals surface area contributed by atoms with Crippen LogP contribution in [0.4, 0.5) is 0 Å². The van der Waals surface area contributed by atoms with Crippen LogP contribution in [0.15, 0.2) is 10.7 Å². The minimum absolute atomic E-state index is 0.637. The first-order valence-electron chi connectivity index (χ1n) is 4.67. The second kappa shape index (κ2) is 3.80. The minimum atomic E-state index is 0.637. The topological polar surface area (TPSA) is 29.9 Å². The van der Waals surface area contributed by atoms with E-state index in [1.54, 1.807) is 0 Å². The van der Waals surface area contributed by atoms with Crippen molar-refractivity contribution < 1.29 is 0 Å². The lowest BCUT2D eigenvalue weighted by Gasteiger charge is -2.22. The van der Waals surface area contributed by atoms with Gasteiger partial charge in [-0.05, 0) is 41.4 Å². The summed E-state index contributed by atoms with van der Waals surface area (Å²) in [6.07, 6.45) is 2.55. The summed E-state index contributed by atoms with van der Waals surface area (Å²) in [6, 6.07) is 2.12. The van der Waals surface area contributed by atoms with Crippen LogP contribution >= 0.6 is 15.9 Å². The molecule has 2 heterocycles. The molecule has 0 spiro atoms. The number of halogens is 1. The van der Waals surface area contributed by atoms with Crippen LogP contribution in [0, 0.1) is 0 Å². The molecule has 0 aliphatic carbocycles. The van der Waals surface area contributed by atoms with Gasteiger partial charge in [0.2, 0.25) is 0 Å². The Bertz CT molecular complexity index is 289. The third-order valence-electron chi connectivity index (χ3n) is 2.60. The monoisotopic (exact) mass is 243 g/mol. The van der Waals surface area contributed by atoms with Crippen LogP contribution in [0.25, 0.3) is 0 Å². The molecular formula is C9H14BrN3. The fourth-order valence-corrected chi connectivity index (χ4v) is 2.40. The molecule has 4 heteroatoms. The molecule has 3 nitrogen and oxygen atoms in total. The first-order chi connectivity index (χ1) is 6.27. The van der Waals surface area contributed by atoms with Crippen LogP contribution in [0.2, 0.25) is 0 Å². The van der Waals surface area contributed by atoms with Crippen molar-refractivity contribution in [3.63, 3.8) is 0 Å². The number of piperidine rings is 1. The Balaban J connectivity index is 2.18. The summed E-state index contributed by atoms with van der Waals surface area (Å²) in [5.74, 6) is 0.637. The second-order valence-electron chi connectivity index (χ2n) is 3.56. The SMILES string of the molecule is Cn1nc(Br)cc1C1CCCNC1. The van der Waals surface area contributed by atoms with E-state index in [9.17, 15) is 0 Å². The normalized spacial score (nSPS) is 23.4. The predicted molar refractivity (Wildman–Crippen MR) is 55.8 cm³/mol. The zero-order valence-corrected chi connectivity index (χ0v) is 9.34. The first kappa shape index (κ1) is 9.21. The van der Waals surface area contributed by atoms with Gasteiger partial charge in [0.25, 0.3) is 0 Å². The molecule has 1 saturated heterocycles. The van der Waals surface area contributed by atoms with Crippen molar-refractivity contribution >= 4 is 15.9 Å². The average molecular weight is 244 g/mol. The van der Waals surface area contributed by atoms with Crippen LogP contribution < -0.4 is 5.32 Å². The molecule has 1 aliphatic heterocycles. The fourth-order valence-electron chi connectivity index (χ4n) is 1.93. The second-order valence-corrected chi connectivity index (χ2v) is 4.37. The third kappa shape index (κ3) is 1.94. The summed E-state index contributed by atoms with van der Waals surface area (Å²) in [5.41, 5.74) is 1.33. The first-order valence-corrected chi connectivity index (χ1v) is 5.47. The van der Waals surface area contributed by atoms with Crippen LogP contribution in [0.5, 0.6) is 0 Å². The summed E-state index contributed by atoms with van der Waals surface area (Å²) in [6.45, 7) is 2.25. The Morgan fingerprint density at radius 2 is 2.54 bits per heavy atom. The van der Waals surface area contributed by atoms with Crippen LogP contribution in [0.1, 0.15) is 24.5 Å². The Morgan fingerprint density at radius 1 is 1.69 bits per heavy atom. The summed E-state index contributed by atoms with van der Waals surface area (Å²) >= 11 is 3.40. The quantitative estimate of drug-likeness (QED) is 0.814. The highest BCUT2D eigenvalue weighted by atomic mass is 79.9.